The van der Waals surface area contributed by atoms with E-state index >= 15 is 0 Å². The SMILES string of the molecule is O=c1[nH]nc(-c2ccncc2)cc1-c1cc2ccc(CC3CCCCCCCC3)cc2[nH]1. The van der Waals surface area contributed by atoms with Crippen molar-refractivity contribution in [3.63, 3.8) is 0 Å². The molecule has 0 atom stereocenters. The van der Waals surface area contributed by atoms with Crippen molar-refractivity contribution in [3.8, 4) is 22.5 Å². The van der Waals surface area contributed by atoms with E-state index in [2.05, 4.69) is 44.4 Å². The predicted octanol–water partition coefficient (Wildman–Crippen LogP) is 6.27. The van der Waals surface area contributed by atoms with Gasteiger partial charge in [-0.15, -0.1) is 0 Å². The van der Waals surface area contributed by atoms with E-state index < -0.39 is 0 Å². The maximum absolute atomic E-state index is 12.5. The highest BCUT2D eigenvalue weighted by Gasteiger charge is 2.14. The molecule has 32 heavy (non-hydrogen) atoms. The topological polar surface area (TPSA) is 74.4 Å². The van der Waals surface area contributed by atoms with Crippen molar-refractivity contribution in [1.82, 2.24) is 20.2 Å². The van der Waals surface area contributed by atoms with Gasteiger partial charge in [0, 0.05) is 28.9 Å². The highest BCUT2D eigenvalue weighted by molar-refractivity contribution is 5.86. The number of fused-ring (bicyclic) bond motifs is 1. The second-order valence-corrected chi connectivity index (χ2v) is 9.11. The fraction of sp³-hybridized carbons (Fsp3) is 0.370. The number of pyridine rings is 1. The average Bonchev–Trinajstić information content (AvgIpc) is 3.29. The summed E-state index contributed by atoms with van der Waals surface area (Å²) in [6.45, 7) is 0. The van der Waals surface area contributed by atoms with Gasteiger partial charge >= 0.3 is 0 Å². The molecular weight excluding hydrogens is 396 g/mol. The second-order valence-electron chi connectivity index (χ2n) is 9.11. The van der Waals surface area contributed by atoms with Gasteiger partial charge in [-0.05, 0) is 48.2 Å². The molecule has 0 bridgehead atoms. The van der Waals surface area contributed by atoms with Crippen LogP contribution in [0.5, 0.6) is 0 Å². The minimum Gasteiger partial charge on any atom is -0.354 e. The minimum atomic E-state index is -0.194. The number of H-pyrrole nitrogens is 2. The van der Waals surface area contributed by atoms with Gasteiger partial charge in [-0.3, -0.25) is 9.78 Å². The van der Waals surface area contributed by atoms with Crippen molar-refractivity contribution < 1.29 is 0 Å². The van der Waals surface area contributed by atoms with Gasteiger partial charge in [0.05, 0.1) is 17.0 Å². The van der Waals surface area contributed by atoms with E-state index in [9.17, 15) is 4.79 Å². The van der Waals surface area contributed by atoms with Gasteiger partial charge in [0.15, 0.2) is 0 Å². The van der Waals surface area contributed by atoms with Crippen LogP contribution in [0.4, 0.5) is 0 Å². The van der Waals surface area contributed by atoms with Crippen LogP contribution in [0.15, 0.2) is 59.7 Å². The maximum Gasteiger partial charge on any atom is 0.273 e. The van der Waals surface area contributed by atoms with Crippen molar-refractivity contribution in [2.45, 2.75) is 57.8 Å². The lowest BCUT2D eigenvalue weighted by molar-refractivity contribution is 0.425. The fourth-order valence-corrected chi connectivity index (χ4v) is 4.98. The van der Waals surface area contributed by atoms with Crippen LogP contribution < -0.4 is 5.56 Å². The number of hydrogen-bond donors (Lipinski definition) is 2. The third-order valence-electron chi connectivity index (χ3n) is 6.76. The lowest BCUT2D eigenvalue weighted by Gasteiger charge is -2.16. The van der Waals surface area contributed by atoms with Crippen molar-refractivity contribution in [2.24, 2.45) is 5.92 Å². The minimum absolute atomic E-state index is 0.194. The standard InChI is InChI=1S/C27H30N4O/c32-27-23(18-25(30-31-27)21-11-13-28-14-12-21)26-17-22-10-9-20(16-24(22)29-26)15-19-7-5-3-1-2-4-6-8-19/h9-14,16-19,29H,1-8,15H2,(H,31,32). The quantitative estimate of drug-likeness (QED) is 0.404. The van der Waals surface area contributed by atoms with Gasteiger partial charge in [-0.2, -0.15) is 5.10 Å². The van der Waals surface area contributed by atoms with Crippen LogP contribution >= 0.6 is 0 Å². The summed E-state index contributed by atoms with van der Waals surface area (Å²) in [6, 6.07) is 14.4. The van der Waals surface area contributed by atoms with Gasteiger partial charge in [0.2, 0.25) is 0 Å². The second kappa shape index (κ2) is 9.51. The van der Waals surface area contributed by atoms with Crippen LogP contribution in [0, 0.1) is 5.92 Å². The van der Waals surface area contributed by atoms with Crippen molar-refractivity contribution in [3.05, 3.63) is 70.8 Å². The Labute approximate surface area is 188 Å². The van der Waals surface area contributed by atoms with Crippen molar-refractivity contribution >= 4 is 10.9 Å². The first-order valence-electron chi connectivity index (χ1n) is 11.9. The van der Waals surface area contributed by atoms with Crippen molar-refractivity contribution in [1.29, 1.82) is 0 Å². The molecular formula is C27H30N4O. The maximum atomic E-state index is 12.5. The van der Waals surface area contributed by atoms with Gasteiger partial charge < -0.3 is 4.98 Å². The Hall–Kier alpha value is -3.21. The zero-order valence-electron chi connectivity index (χ0n) is 18.4. The number of rotatable bonds is 4. The van der Waals surface area contributed by atoms with Crippen LogP contribution in [0.1, 0.15) is 56.9 Å². The normalized spacial score (nSPS) is 15.9. The van der Waals surface area contributed by atoms with Crippen LogP contribution in [-0.2, 0) is 6.42 Å². The van der Waals surface area contributed by atoms with E-state index in [1.54, 1.807) is 12.4 Å². The molecule has 1 saturated carbocycles. The first-order chi connectivity index (χ1) is 15.8. The molecule has 5 heteroatoms. The van der Waals surface area contributed by atoms with Crippen LogP contribution in [0.3, 0.4) is 0 Å². The zero-order chi connectivity index (χ0) is 21.8. The molecule has 0 saturated heterocycles. The predicted molar refractivity (Wildman–Crippen MR) is 130 cm³/mol. The summed E-state index contributed by atoms with van der Waals surface area (Å²) in [5.41, 5.74) is 5.34. The lowest BCUT2D eigenvalue weighted by atomic mass is 9.90. The summed E-state index contributed by atoms with van der Waals surface area (Å²) in [5.74, 6) is 0.783. The third kappa shape index (κ3) is 4.67. The number of aromatic nitrogens is 4. The highest BCUT2D eigenvalue weighted by Crippen LogP contribution is 2.28. The first kappa shape index (κ1) is 20.7. The monoisotopic (exact) mass is 426 g/mol. The van der Waals surface area contributed by atoms with Gasteiger partial charge in [0.25, 0.3) is 5.56 Å². The molecule has 1 aromatic carbocycles. The molecule has 0 amide bonds. The molecule has 164 valence electrons. The van der Waals surface area contributed by atoms with E-state index in [-0.39, 0.29) is 5.56 Å². The van der Waals surface area contributed by atoms with E-state index in [0.29, 0.717) is 5.56 Å². The van der Waals surface area contributed by atoms with E-state index in [4.69, 9.17) is 0 Å². The Balaban J connectivity index is 1.41. The molecule has 1 aliphatic carbocycles. The molecule has 2 N–H and O–H groups in total. The molecule has 4 aromatic rings. The Kier molecular flexibility index (Phi) is 6.15. The molecule has 0 unspecified atom stereocenters. The van der Waals surface area contributed by atoms with Gasteiger partial charge in [-0.1, -0.05) is 63.5 Å². The van der Waals surface area contributed by atoms with Crippen LogP contribution in [0.25, 0.3) is 33.4 Å². The Bertz CT molecular complexity index is 1230. The van der Waals surface area contributed by atoms with Crippen LogP contribution in [-0.4, -0.2) is 20.2 Å². The molecule has 3 heterocycles. The van der Waals surface area contributed by atoms with Gasteiger partial charge in [0.1, 0.15) is 0 Å². The van der Waals surface area contributed by atoms with Gasteiger partial charge in [-0.25, -0.2) is 5.10 Å². The number of aromatic amines is 2. The smallest absolute Gasteiger partial charge is 0.273 e. The molecule has 0 radical (unpaired) electrons. The molecule has 5 nitrogen and oxygen atoms in total. The largest absolute Gasteiger partial charge is 0.354 e. The molecule has 0 spiro atoms. The number of hydrogen-bond acceptors (Lipinski definition) is 3. The van der Waals surface area contributed by atoms with Crippen LogP contribution in [0.2, 0.25) is 0 Å². The third-order valence-corrected chi connectivity index (χ3v) is 6.76. The Morgan fingerprint density at radius 3 is 2.41 bits per heavy atom. The Morgan fingerprint density at radius 2 is 1.62 bits per heavy atom. The van der Waals surface area contributed by atoms with E-state index in [1.165, 1.54) is 56.9 Å². The summed E-state index contributed by atoms with van der Waals surface area (Å²) in [5, 5.41) is 7.98. The average molecular weight is 427 g/mol. The summed E-state index contributed by atoms with van der Waals surface area (Å²) in [6.07, 6.45) is 15.6. The fourth-order valence-electron chi connectivity index (χ4n) is 4.98. The number of nitrogens with zero attached hydrogens (tertiary/aromatic N) is 2. The zero-order valence-corrected chi connectivity index (χ0v) is 18.4. The molecule has 5 rings (SSSR count). The molecule has 3 aromatic heterocycles. The molecule has 1 fully saturated rings. The summed E-state index contributed by atoms with van der Waals surface area (Å²) in [4.78, 5) is 20.1. The lowest BCUT2D eigenvalue weighted by Crippen LogP contribution is -2.11. The van der Waals surface area contributed by atoms with Crippen molar-refractivity contribution in [2.75, 3.05) is 0 Å². The highest BCUT2D eigenvalue weighted by atomic mass is 16.1. The number of nitrogens with one attached hydrogen (secondary N) is 2. The number of benzene rings is 1. The van der Waals surface area contributed by atoms with E-state index in [0.717, 1.165) is 40.2 Å². The first-order valence-corrected chi connectivity index (χ1v) is 11.9. The summed E-state index contributed by atoms with van der Waals surface area (Å²) < 4.78 is 0. The molecule has 1 aliphatic rings. The Morgan fingerprint density at radius 1 is 0.875 bits per heavy atom. The molecule has 0 aliphatic heterocycles. The summed E-state index contributed by atoms with van der Waals surface area (Å²) >= 11 is 0. The van der Waals surface area contributed by atoms with E-state index in [1.807, 2.05) is 18.2 Å². The summed E-state index contributed by atoms with van der Waals surface area (Å²) in [7, 11) is 0.